The van der Waals surface area contributed by atoms with Crippen molar-refractivity contribution in [3.8, 4) is 10.8 Å². The standard InChI is InChI=1S/C9H8ClNO2S/c1-5-7(4-12)13-9(11-5)8-6(10)2-3-14-8/h2-3,12H,4H2,1H3. The third kappa shape index (κ3) is 1.56. The summed E-state index contributed by atoms with van der Waals surface area (Å²) >= 11 is 7.39. The zero-order valence-electron chi connectivity index (χ0n) is 7.45. The molecule has 5 heteroatoms. The Morgan fingerprint density at radius 3 is 2.93 bits per heavy atom. The van der Waals surface area contributed by atoms with Crippen LogP contribution in [0.15, 0.2) is 15.9 Å². The van der Waals surface area contributed by atoms with Gasteiger partial charge in [0.2, 0.25) is 5.89 Å². The highest BCUT2D eigenvalue weighted by Crippen LogP contribution is 2.33. The maximum Gasteiger partial charge on any atom is 0.238 e. The molecule has 0 unspecified atom stereocenters. The summed E-state index contributed by atoms with van der Waals surface area (Å²) in [5.74, 6) is 0.969. The smallest absolute Gasteiger partial charge is 0.238 e. The van der Waals surface area contributed by atoms with E-state index in [1.807, 2.05) is 5.38 Å². The zero-order chi connectivity index (χ0) is 10.1. The van der Waals surface area contributed by atoms with Crippen LogP contribution in [0, 0.1) is 6.92 Å². The predicted molar refractivity (Wildman–Crippen MR) is 55.5 cm³/mol. The minimum absolute atomic E-state index is 0.137. The van der Waals surface area contributed by atoms with E-state index in [1.54, 1.807) is 13.0 Å². The molecule has 0 atom stereocenters. The van der Waals surface area contributed by atoms with Gasteiger partial charge in [-0.3, -0.25) is 0 Å². The summed E-state index contributed by atoms with van der Waals surface area (Å²) in [5, 5.41) is 11.4. The summed E-state index contributed by atoms with van der Waals surface area (Å²) in [7, 11) is 0. The summed E-state index contributed by atoms with van der Waals surface area (Å²) in [6.45, 7) is 1.65. The van der Waals surface area contributed by atoms with Gasteiger partial charge in [-0.25, -0.2) is 4.98 Å². The Hall–Kier alpha value is -0.840. The van der Waals surface area contributed by atoms with Crippen LogP contribution < -0.4 is 0 Å². The van der Waals surface area contributed by atoms with Crippen molar-refractivity contribution in [3.63, 3.8) is 0 Å². The Kier molecular flexibility index (Phi) is 2.58. The van der Waals surface area contributed by atoms with Crippen molar-refractivity contribution in [2.45, 2.75) is 13.5 Å². The molecular formula is C9H8ClNO2S. The van der Waals surface area contributed by atoms with Crippen molar-refractivity contribution in [2.24, 2.45) is 0 Å². The fraction of sp³-hybridized carbons (Fsp3) is 0.222. The second-order valence-electron chi connectivity index (χ2n) is 2.78. The summed E-state index contributed by atoms with van der Waals surface area (Å²) < 4.78 is 5.35. The van der Waals surface area contributed by atoms with Crippen LogP contribution in [0.3, 0.4) is 0 Å². The monoisotopic (exact) mass is 229 g/mol. The molecule has 2 heterocycles. The number of aliphatic hydroxyl groups excluding tert-OH is 1. The first-order valence-corrected chi connectivity index (χ1v) is 5.28. The molecule has 0 bridgehead atoms. The van der Waals surface area contributed by atoms with E-state index in [9.17, 15) is 0 Å². The van der Waals surface area contributed by atoms with E-state index in [-0.39, 0.29) is 6.61 Å². The van der Waals surface area contributed by atoms with Gasteiger partial charge in [-0.05, 0) is 18.4 Å². The first-order chi connectivity index (χ1) is 6.72. The Balaban J connectivity index is 2.47. The summed E-state index contributed by atoms with van der Waals surface area (Å²) in [6.07, 6.45) is 0. The lowest BCUT2D eigenvalue weighted by Crippen LogP contribution is -1.81. The third-order valence-corrected chi connectivity index (χ3v) is 3.18. The molecule has 0 radical (unpaired) electrons. The average molecular weight is 230 g/mol. The second kappa shape index (κ2) is 3.73. The molecule has 0 aliphatic heterocycles. The zero-order valence-corrected chi connectivity index (χ0v) is 9.02. The molecule has 0 aromatic carbocycles. The molecule has 0 aliphatic rings. The minimum atomic E-state index is -0.137. The molecule has 0 fully saturated rings. The third-order valence-electron chi connectivity index (χ3n) is 1.85. The number of aryl methyl sites for hydroxylation is 1. The molecule has 1 N–H and O–H groups in total. The predicted octanol–water partition coefficient (Wildman–Crippen LogP) is 2.86. The SMILES string of the molecule is Cc1nc(-c2sccc2Cl)oc1CO. The van der Waals surface area contributed by atoms with Crippen molar-refractivity contribution in [3.05, 3.63) is 27.9 Å². The van der Waals surface area contributed by atoms with Crippen LogP contribution in [0.4, 0.5) is 0 Å². The van der Waals surface area contributed by atoms with E-state index < -0.39 is 0 Å². The summed E-state index contributed by atoms with van der Waals surface area (Å²) in [4.78, 5) is 4.98. The van der Waals surface area contributed by atoms with Gasteiger partial charge in [0, 0.05) is 0 Å². The number of hydrogen-bond acceptors (Lipinski definition) is 4. The van der Waals surface area contributed by atoms with Crippen LogP contribution in [-0.2, 0) is 6.61 Å². The Morgan fingerprint density at radius 1 is 1.64 bits per heavy atom. The molecule has 0 spiro atoms. The first kappa shape index (κ1) is 9.71. The van der Waals surface area contributed by atoms with E-state index in [1.165, 1.54) is 11.3 Å². The molecule has 0 saturated heterocycles. The van der Waals surface area contributed by atoms with Crippen molar-refractivity contribution >= 4 is 22.9 Å². The van der Waals surface area contributed by atoms with Gasteiger partial charge in [-0.15, -0.1) is 11.3 Å². The quantitative estimate of drug-likeness (QED) is 0.862. The molecule has 0 aliphatic carbocycles. The van der Waals surface area contributed by atoms with Gasteiger partial charge >= 0.3 is 0 Å². The number of halogens is 1. The Bertz CT molecular complexity index is 449. The maximum atomic E-state index is 8.94. The van der Waals surface area contributed by atoms with Crippen LogP contribution in [0.5, 0.6) is 0 Å². The average Bonchev–Trinajstić information content (AvgIpc) is 2.71. The van der Waals surface area contributed by atoms with Gasteiger partial charge in [-0.2, -0.15) is 0 Å². The Labute approximate surface area is 90.0 Å². The number of thiophene rings is 1. The van der Waals surface area contributed by atoms with Crippen molar-refractivity contribution in [2.75, 3.05) is 0 Å². The van der Waals surface area contributed by atoms with Crippen LogP contribution >= 0.6 is 22.9 Å². The molecule has 2 aromatic heterocycles. The van der Waals surface area contributed by atoms with Crippen molar-refractivity contribution in [1.29, 1.82) is 0 Å². The lowest BCUT2D eigenvalue weighted by atomic mass is 10.4. The maximum absolute atomic E-state index is 8.94. The molecule has 14 heavy (non-hydrogen) atoms. The summed E-state index contributed by atoms with van der Waals surface area (Å²) in [6, 6.07) is 1.79. The van der Waals surface area contributed by atoms with E-state index in [2.05, 4.69) is 4.98 Å². The van der Waals surface area contributed by atoms with E-state index in [0.717, 1.165) is 4.88 Å². The first-order valence-electron chi connectivity index (χ1n) is 4.03. The van der Waals surface area contributed by atoms with Crippen LogP contribution in [0.1, 0.15) is 11.5 Å². The van der Waals surface area contributed by atoms with Gasteiger partial charge in [0.1, 0.15) is 11.5 Å². The molecule has 0 amide bonds. The van der Waals surface area contributed by atoms with E-state index in [4.69, 9.17) is 21.1 Å². The topological polar surface area (TPSA) is 46.3 Å². The van der Waals surface area contributed by atoms with Crippen LogP contribution in [0.25, 0.3) is 10.8 Å². The number of aliphatic hydroxyl groups is 1. The fourth-order valence-corrected chi connectivity index (χ4v) is 2.18. The highest BCUT2D eigenvalue weighted by atomic mass is 35.5. The normalized spacial score (nSPS) is 10.8. The fourth-order valence-electron chi connectivity index (χ4n) is 1.12. The highest BCUT2D eigenvalue weighted by molar-refractivity contribution is 7.14. The molecule has 2 aromatic rings. The number of aromatic nitrogens is 1. The Morgan fingerprint density at radius 2 is 2.43 bits per heavy atom. The van der Waals surface area contributed by atoms with Crippen molar-refractivity contribution in [1.82, 2.24) is 4.98 Å². The van der Waals surface area contributed by atoms with Crippen LogP contribution in [0.2, 0.25) is 5.02 Å². The highest BCUT2D eigenvalue weighted by Gasteiger charge is 2.14. The van der Waals surface area contributed by atoms with Crippen molar-refractivity contribution < 1.29 is 9.52 Å². The number of hydrogen-bond donors (Lipinski definition) is 1. The van der Waals surface area contributed by atoms with Gasteiger partial charge in [-0.1, -0.05) is 11.6 Å². The van der Waals surface area contributed by atoms with E-state index in [0.29, 0.717) is 22.4 Å². The number of oxazole rings is 1. The lowest BCUT2D eigenvalue weighted by Gasteiger charge is -1.89. The molecule has 2 rings (SSSR count). The molecular weight excluding hydrogens is 222 g/mol. The second-order valence-corrected chi connectivity index (χ2v) is 4.11. The minimum Gasteiger partial charge on any atom is -0.438 e. The largest absolute Gasteiger partial charge is 0.438 e. The molecule has 3 nitrogen and oxygen atoms in total. The van der Waals surface area contributed by atoms with Gasteiger partial charge in [0.15, 0.2) is 5.76 Å². The van der Waals surface area contributed by atoms with Gasteiger partial charge in [0.25, 0.3) is 0 Å². The van der Waals surface area contributed by atoms with E-state index >= 15 is 0 Å². The number of nitrogens with zero attached hydrogens (tertiary/aromatic N) is 1. The number of rotatable bonds is 2. The van der Waals surface area contributed by atoms with Gasteiger partial charge < -0.3 is 9.52 Å². The van der Waals surface area contributed by atoms with Gasteiger partial charge in [0.05, 0.1) is 10.7 Å². The lowest BCUT2D eigenvalue weighted by molar-refractivity contribution is 0.247. The van der Waals surface area contributed by atoms with Crippen LogP contribution in [-0.4, -0.2) is 10.1 Å². The molecule has 0 saturated carbocycles. The molecule has 74 valence electrons. The summed E-state index contributed by atoms with van der Waals surface area (Å²) in [5.41, 5.74) is 0.701.